The van der Waals surface area contributed by atoms with Crippen LogP contribution in [0.25, 0.3) is 5.69 Å². The first-order chi connectivity index (χ1) is 12.1. The Kier molecular flexibility index (Phi) is 5.80. The lowest BCUT2D eigenvalue weighted by Gasteiger charge is -2.24. The summed E-state index contributed by atoms with van der Waals surface area (Å²) in [5.41, 5.74) is 1.33. The Morgan fingerprint density at radius 1 is 1.24 bits per heavy atom. The molecule has 1 fully saturated rings. The first-order valence-electron chi connectivity index (χ1n) is 8.35. The topological polar surface area (TPSA) is 80.1 Å². The van der Waals surface area contributed by atoms with Gasteiger partial charge in [0.25, 0.3) is 0 Å². The Morgan fingerprint density at radius 2 is 2.08 bits per heavy atom. The van der Waals surface area contributed by atoms with Gasteiger partial charge in [-0.25, -0.2) is 9.67 Å². The van der Waals surface area contributed by atoms with E-state index in [-0.39, 0.29) is 18.4 Å². The number of halogens is 1. The Balaban J connectivity index is 1.72. The fraction of sp³-hybridized carbons (Fsp3) is 0.412. The summed E-state index contributed by atoms with van der Waals surface area (Å²) in [5, 5.41) is 7.00. The number of nitrogens with one attached hydrogen (secondary N) is 1. The molecule has 0 spiro atoms. The third kappa shape index (κ3) is 4.66. The summed E-state index contributed by atoms with van der Waals surface area (Å²) in [7, 11) is 0. The van der Waals surface area contributed by atoms with Crippen molar-refractivity contribution in [3.8, 4) is 5.69 Å². The van der Waals surface area contributed by atoms with Gasteiger partial charge in [0.2, 0.25) is 11.8 Å². The van der Waals surface area contributed by atoms with Crippen LogP contribution < -0.4 is 5.32 Å². The van der Waals surface area contributed by atoms with Crippen LogP contribution in [0.15, 0.2) is 35.3 Å². The highest BCUT2D eigenvalue weighted by Gasteiger charge is 2.19. The van der Waals surface area contributed by atoms with Crippen LogP contribution >= 0.6 is 15.9 Å². The van der Waals surface area contributed by atoms with Crippen LogP contribution in [0, 0.1) is 0 Å². The van der Waals surface area contributed by atoms with Crippen molar-refractivity contribution in [2.75, 3.05) is 18.4 Å². The van der Waals surface area contributed by atoms with Gasteiger partial charge in [-0.05, 0) is 31.0 Å². The smallest absolute Gasteiger partial charge is 0.244 e. The van der Waals surface area contributed by atoms with E-state index in [1.54, 1.807) is 15.9 Å². The van der Waals surface area contributed by atoms with E-state index in [1.165, 1.54) is 6.33 Å². The van der Waals surface area contributed by atoms with Gasteiger partial charge in [-0.15, -0.1) is 0 Å². The SMILES string of the molecule is O=C(CN1CCCCCCC1=O)Nc1cc(Br)ccc1-n1cncn1. The van der Waals surface area contributed by atoms with Crippen LogP contribution in [0.3, 0.4) is 0 Å². The highest BCUT2D eigenvalue weighted by molar-refractivity contribution is 9.10. The third-order valence-corrected chi connectivity index (χ3v) is 4.65. The van der Waals surface area contributed by atoms with Crippen molar-refractivity contribution in [3.05, 3.63) is 35.3 Å². The summed E-state index contributed by atoms with van der Waals surface area (Å²) in [6.45, 7) is 0.711. The van der Waals surface area contributed by atoms with Gasteiger partial charge in [0, 0.05) is 17.4 Å². The summed E-state index contributed by atoms with van der Waals surface area (Å²) in [4.78, 5) is 30.3. The number of nitrogens with zero attached hydrogens (tertiary/aromatic N) is 4. The molecule has 1 aromatic carbocycles. The normalized spacial score (nSPS) is 15.6. The third-order valence-electron chi connectivity index (χ3n) is 4.15. The number of likely N-dealkylation sites (tertiary alicyclic amines) is 1. The maximum atomic E-state index is 12.5. The number of rotatable bonds is 4. The average Bonchev–Trinajstić information content (AvgIpc) is 3.09. The zero-order valence-corrected chi connectivity index (χ0v) is 15.4. The summed E-state index contributed by atoms with van der Waals surface area (Å²) in [5.74, 6) is -0.158. The van der Waals surface area contributed by atoms with Crippen molar-refractivity contribution >= 4 is 33.4 Å². The zero-order valence-electron chi connectivity index (χ0n) is 13.8. The molecule has 0 saturated carbocycles. The molecule has 132 valence electrons. The molecule has 1 N–H and O–H groups in total. The standard InChI is InChI=1S/C17H20BrN5O2/c18-13-6-7-15(23-12-19-11-20-23)14(9-13)21-16(24)10-22-8-4-2-1-3-5-17(22)25/h6-7,9,11-12H,1-5,8,10H2,(H,21,24). The number of amides is 2. The molecule has 1 aliphatic heterocycles. The first kappa shape index (κ1) is 17.6. The van der Waals surface area contributed by atoms with Gasteiger partial charge in [0.1, 0.15) is 12.7 Å². The van der Waals surface area contributed by atoms with E-state index in [1.807, 2.05) is 18.2 Å². The minimum atomic E-state index is -0.214. The summed E-state index contributed by atoms with van der Waals surface area (Å²) < 4.78 is 2.43. The van der Waals surface area contributed by atoms with Gasteiger partial charge >= 0.3 is 0 Å². The Hall–Kier alpha value is -2.22. The van der Waals surface area contributed by atoms with E-state index >= 15 is 0 Å². The number of hydrogen-bond donors (Lipinski definition) is 1. The van der Waals surface area contributed by atoms with E-state index < -0.39 is 0 Å². The monoisotopic (exact) mass is 405 g/mol. The number of carbonyl (C=O) groups is 2. The van der Waals surface area contributed by atoms with Crippen molar-refractivity contribution < 1.29 is 9.59 Å². The molecule has 2 amide bonds. The largest absolute Gasteiger partial charge is 0.333 e. The van der Waals surface area contributed by atoms with Crippen LogP contribution in [-0.4, -0.2) is 44.6 Å². The lowest BCUT2D eigenvalue weighted by atomic mass is 10.1. The van der Waals surface area contributed by atoms with Crippen LogP contribution in [0.4, 0.5) is 5.69 Å². The molecule has 0 unspecified atom stereocenters. The lowest BCUT2D eigenvalue weighted by Crippen LogP contribution is -2.39. The van der Waals surface area contributed by atoms with E-state index in [4.69, 9.17) is 0 Å². The highest BCUT2D eigenvalue weighted by atomic mass is 79.9. The molecule has 8 heteroatoms. The van der Waals surface area contributed by atoms with Gasteiger partial charge in [-0.2, -0.15) is 5.10 Å². The minimum absolute atomic E-state index is 0.0561. The fourth-order valence-corrected chi connectivity index (χ4v) is 3.25. The molecule has 1 aliphatic rings. The Bertz CT molecular complexity index is 748. The van der Waals surface area contributed by atoms with Gasteiger partial charge in [0.15, 0.2) is 0 Å². The molecular weight excluding hydrogens is 386 g/mol. The zero-order chi connectivity index (χ0) is 17.6. The average molecular weight is 406 g/mol. The summed E-state index contributed by atoms with van der Waals surface area (Å²) in [6.07, 6.45) is 7.57. The molecule has 0 atom stereocenters. The van der Waals surface area contributed by atoms with E-state index in [9.17, 15) is 9.59 Å². The molecule has 0 aliphatic carbocycles. The van der Waals surface area contributed by atoms with Crippen LogP contribution in [0.5, 0.6) is 0 Å². The van der Waals surface area contributed by atoms with Gasteiger partial charge < -0.3 is 10.2 Å². The number of anilines is 1. The molecule has 2 heterocycles. The number of hydrogen-bond acceptors (Lipinski definition) is 4. The van der Waals surface area contributed by atoms with Crippen molar-refractivity contribution in [1.29, 1.82) is 0 Å². The maximum absolute atomic E-state index is 12.5. The quantitative estimate of drug-likeness (QED) is 0.847. The molecule has 1 saturated heterocycles. The van der Waals surface area contributed by atoms with E-state index in [2.05, 4.69) is 31.3 Å². The Labute approximate surface area is 154 Å². The van der Waals surface area contributed by atoms with Crippen LogP contribution in [0.1, 0.15) is 32.1 Å². The van der Waals surface area contributed by atoms with Crippen molar-refractivity contribution in [1.82, 2.24) is 19.7 Å². The summed E-state index contributed by atoms with van der Waals surface area (Å²) in [6, 6.07) is 5.52. The van der Waals surface area contributed by atoms with Crippen molar-refractivity contribution in [3.63, 3.8) is 0 Å². The second-order valence-corrected chi connectivity index (χ2v) is 6.94. The van der Waals surface area contributed by atoms with E-state index in [0.717, 1.165) is 30.2 Å². The van der Waals surface area contributed by atoms with Crippen molar-refractivity contribution in [2.45, 2.75) is 32.1 Å². The van der Waals surface area contributed by atoms with Crippen LogP contribution in [0.2, 0.25) is 0 Å². The fourth-order valence-electron chi connectivity index (χ4n) is 2.89. The second kappa shape index (κ2) is 8.24. The molecular formula is C17H20BrN5O2. The predicted molar refractivity (Wildman–Crippen MR) is 97.4 cm³/mol. The molecule has 3 rings (SSSR count). The number of carbonyl (C=O) groups excluding carboxylic acids is 2. The van der Waals surface area contributed by atoms with Gasteiger partial charge in [-0.1, -0.05) is 28.8 Å². The molecule has 7 nitrogen and oxygen atoms in total. The molecule has 1 aromatic heterocycles. The van der Waals surface area contributed by atoms with Crippen LogP contribution in [-0.2, 0) is 9.59 Å². The molecule has 0 radical (unpaired) electrons. The predicted octanol–water partition coefficient (Wildman–Crippen LogP) is 2.76. The lowest BCUT2D eigenvalue weighted by molar-refractivity contribution is -0.135. The number of aromatic nitrogens is 3. The maximum Gasteiger partial charge on any atom is 0.244 e. The van der Waals surface area contributed by atoms with Gasteiger partial charge in [0.05, 0.1) is 17.9 Å². The molecule has 25 heavy (non-hydrogen) atoms. The van der Waals surface area contributed by atoms with E-state index in [0.29, 0.717) is 24.3 Å². The molecule has 2 aromatic rings. The summed E-state index contributed by atoms with van der Waals surface area (Å²) >= 11 is 3.42. The minimum Gasteiger partial charge on any atom is -0.333 e. The van der Waals surface area contributed by atoms with Crippen molar-refractivity contribution in [2.24, 2.45) is 0 Å². The Morgan fingerprint density at radius 3 is 2.88 bits per heavy atom. The number of benzene rings is 1. The molecule has 0 bridgehead atoms. The van der Waals surface area contributed by atoms with Gasteiger partial charge in [-0.3, -0.25) is 9.59 Å². The highest BCUT2D eigenvalue weighted by Crippen LogP contribution is 2.24. The second-order valence-electron chi connectivity index (χ2n) is 6.03. The first-order valence-corrected chi connectivity index (χ1v) is 9.15.